The Morgan fingerprint density at radius 1 is 1.11 bits per heavy atom. The number of H-pyrrole nitrogens is 1. The summed E-state index contributed by atoms with van der Waals surface area (Å²) in [6.07, 6.45) is 0. The minimum Gasteiger partial charge on any atom is -0.497 e. The Kier molecular flexibility index (Phi) is 5.58. The third kappa shape index (κ3) is 4.35. The highest BCUT2D eigenvalue weighted by Gasteiger charge is 2.17. The number of nitrogens with one attached hydrogen (secondary N) is 2. The molecule has 3 rings (SSSR count). The van der Waals surface area contributed by atoms with Crippen LogP contribution in [-0.2, 0) is 4.79 Å². The van der Waals surface area contributed by atoms with Crippen LogP contribution in [0.3, 0.4) is 0 Å². The molecule has 1 aromatic heterocycles. The van der Waals surface area contributed by atoms with E-state index in [1.807, 2.05) is 18.2 Å². The zero-order chi connectivity index (χ0) is 19.6. The van der Waals surface area contributed by atoms with Crippen LogP contribution in [0.2, 0.25) is 10.0 Å². The molecule has 0 saturated carbocycles. The van der Waals surface area contributed by atoms with Crippen molar-refractivity contribution < 1.29 is 14.3 Å². The van der Waals surface area contributed by atoms with Crippen LogP contribution in [0.15, 0.2) is 42.5 Å². The molecule has 2 aromatic carbocycles. The summed E-state index contributed by atoms with van der Waals surface area (Å²) in [5.41, 5.74) is 1.68. The smallest absolute Gasteiger partial charge is 0.270 e. The van der Waals surface area contributed by atoms with E-state index in [9.17, 15) is 9.59 Å². The lowest BCUT2D eigenvalue weighted by atomic mass is 10.2. The van der Waals surface area contributed by atoms with Crippen molar-refractivity contribution in [3.63, 3.8) is 0 Å². The predicted molar refractivity (Wildman–Crippen MR) is 107 cm³/mol. The van der Waals surface area contributed by atoms with Gasteiger partial charge in [-0.2, -0.15) is 0 Å². The molecule has 8 heteroatoms. The summed E-state index contributed by atoms with van der Waals surface area (Å²) in [5, 5.41) is 4.31. The normalized spacial score (nSPS) is 10.7. The molecule has 27 heavy (non-hydrogen) atoms. The van der Waals surface area contributed by atoms with Crippen molar-refractivity contribution in [1.29, 1.82) is 0 Å². The number of aromatic nitrogens is 1. The first-order valence-corrected chi connectivity index (χ1v) is 8.80. The fourth-order valence-corrected chi connectivity index (χ4v) is 2.91. The Morgan fingerprint density at radius 3 is 2.59 bits per heavy atom. The number of anilines is 1. The molecule has 0 spiro atoms. The molecule has 0 unspecified atom stereocenters. The van der Waals surface area contributed by atoms with E-state index in [2.05, 4.69) is 10.3 Å². The molecule has 140 valence electrons. The van der Waals surface area contributed by atoms with Gasteiger partial charge in [0.25, 0.3) is 5.91 Å². The molecule has 6 nitrogen and oxygen atoms in total. The van der Waals surface area contributed by atoms with Crippen LogP contribution in [0, 0.1) is 0 Å². The van der Waals surface area contributed by atoms with Crippen LogP contribution in [0.4, 0.5) is 5.69 Å². The van der Waals surface area contributed by atoms with Crippen molar-refractivity contribution in [3.8, 4) is 5.75 Å². The summed E-state index contributed by atoms with van der Waals surface area (Å²) in [6.45, 7) is -0.113. The fraction of sp³-hybridized carbons (Fsp3) is 0.158. The van der Waals surface area contributed by atoms with E-state index in [1.54, 1.807) is 38.4 Å². The van der Waals surface area contributed by atoms with Gasteiger partial charge in [-0.1, -0.05) is 23.2 Å². The SMILES string of the molecule is COc1ccc2cc(C(=O)N(C)CC(=O)Nc3ccc(Cl)c(Cl)c3)[nH]c2c1. The molecule has 1 heterocycles. The van der Waals surface area contributed by atoms with Gasteiger partial charge in [0.15, 0.2) is 0 Å². The van der Waals surface area contributed by atoms with Gasteiger partial charge in [0, 0.05) is 29.7 Å². The lowest BCUT2D eigenvalue weighted by molar-refractivity contribution is -0.116. The van der Waals surface area contributed by atoms with E-state index in [0.29, 0.717) is 27.2 Å². The lowest BCUT2D eigenvalue weighted by Gasteiger charge is -2.16. The summed E-state index contributed by atoms with van der Waals surface area (Å²) in [7, 11) is 3.14. The van der Waals surface area contributed by atoms with Gasteiger partial charge in [-0.25, -0.2) is 0 Å². The molecule has 0 aliphatic heterocycles. The molecule has 0 aliphatic rings. The molecule has 0 atom stereocenters. The zero-order valence-electron chi connectivity index (χ0n) is 14.7. The van der Waals surface area contributed by atoms with Gasteiger partial charge >= 0.3 is 0 Å². The van der Waals surface area contributed by atoms with Gasteiger partial charge < -0.3 is 19.9 Å². The number of benzene rings is 2. The van der Waals surface area contributed by atoms with E-state index in [-0.39, 0.29) is 18.4 Å². The molecule has 0 radical (unpaired) electrons. The van der Waals surface area contributed by atoms with Gasteiger partial charge in [-0.05, 0) is 36.4 Å². The van der Waals surface area contributed by atoms with E-state index in [1.165, 1.54) is 4.90 Å². The predicted octanol–water partition coefficient (Wildman–Crippen LogP) is 4.19. The van der Waals surface area contributed by atoms with E-state index in [0.717, 1.165) is 10.9 Å². The van der Waals surface area contributed by atoms with Crippen molar-refractivity contribution in [3.05, 3.63) is 58.2 Å². The summed E-state index contributed by atoms with van der Waals surface area (Å²) >= 11 is 11.8. The van der Waals surface area contributed by atoms with Crippen molar-refractivity contribution in [1.82, 2.24) is 9.88 Å². The van der Waals surface area contributed by atoms with Crippen LogP contribution in [0.25, 0.3) is 10.9 Å². The Balaban J connectivity index is 1.67. The summed E-state index contributed by atoms with van der Waals surface area (Å²) in [4.78, 5) is 29.2. The van der Waals surface area contributed by atoms with E-state index >= 15 is 0 Å². The van der Waals surface area contributed by atoms with Crippen LogP contribution < -0.4 is 10.1 Å². The zero-order valence-corrected chi connectivity index (χ0v) is 16.2. The number of carbonyl (C=O) groups excluding carboxylic acids is 2. The molecule has 0 aliphatic carbocycles. The van der Waals surface area contributed by atoms with Crippen LogP contribution >= 0.6 is 23.2 Å². The van der Waals surface area contributed by atoms with Crippen molar-refractivity contribution >= 4 is 51.6 Å². The highest BCUT2D eigenvalue weighted by atomic mass is 35.5. The number of aromatic amines is 1. The number of amides is 2. The van der Waals surface area contributed by atoms with Crippen LogP contribution in [0.1, 0.15) is 10.5 Å². The summed E-state index contributed by atoms with van der Waals surface area (Å²) < 4.78 is 5.18. The third-order valence-corrected chi connectivity index (χ3v) is 4.73. The number of hydrogen-bond donors (Lipinski definition) is 2. The highest BCUT2D eigenvalue weighted by molar-refractivity contribution is 6.42. The van der Waals surface area contributed by atoms with Crippen LogP contribution in [0.5, 0.6) is 5.75 Å². The van der Waals surface area contributed by atoms with Gasteiger partial charge in [-0.3, -0.25) is 9.59 Å². The van der Waals surface area contributed by atoms with Gasteiger partial charge in [-0.15, -0.1) is 0 Å². The van der Waals surface area contributed by atoms with Crippen molar-refractivity contribution in [2.24, 2.45) is 0 Å². The first kappa shape index (κ1) is 19.1. The van der Waals surface area contributed by atoms with Crippen molar-refractivity contribution in [2.75, 3.05) is 26.0 Å². The molecule has 2 amide bonds. The first-order valence-electron chi connectivity index (χ1n) is 8.04. The summed E-state index contributed by atoms with van der Waals surface area (Å²) in [5.74, 6) is 0.0502. The molecule has 0 bridgehead atoms. The number of halogens is 2. The number of methoxy groups -OCH3 is 1. The lowest BCUT2D eigenvalue weighted by Crippen LogP contribution is -2.35. The maximum Gasteiger partial charge on any atom is 0.270 e. The number of rotatable bonds is 5. The van der Waals surface area contributed by atoms with Gasteiger partial charge in [0.2, 0.25) is 5.91 Å². The van der Waals surface area contributed by atoms with E-state index in [4.69, 9.17) is 27.9 Å². The maximum absolute atomic E-state index is 12.6. The molecular formula is C19H17Cl2N3O3. The third-order valence-electron chi connectivity index (χ3n) is 3.99. The maximum atomic E-state index is 12.6. The minimum absolute atomic E-state index is 0.113. The first-order chi connectivity index (χ1) is 12.9. The number of hydrogen-bond acceptors (Lipinski definition) is 3. The Labute approximate surface area is 166 Å². The average Bonchev–Trinajstić information content (AvgIpc) is 3.07. The second-order valence-corrected chi connectivity index (χ2v) is 6.79. The second-order valence-electron chi connectivity index (χ2n) is 5.97. The Morgan fingerprint density at radius 2 is 1.89 bits per heavy atom. The van der Waals surface area contributed by atoms with E-state index < -0.39 is 0 Å². The van der Waals surface area contributed by atoms with Crippen LogP contribution in [-0.4, -0.2) is 42.4 Å². The average molecular weight is 406 g/mol. The van der Waals surface area contributed by atoms with Gasteiger partial charge in [0.05, 0.1) is 23.7 Å². The number of ether oxygens (including phenoxy) is 1. The number of nitrogens with zero attached hydrogens (tertiary/aromatic N) is 1. The molecule has 3 aromatic rings. The summed E-state index contributed by atoms with van der Waals surface area (Å²) in [6, 6.07) is 12.0. The second kappa shape index (κ2) is 7.90. The standard InChI is InChI=1S/C19H17Cl2N3O3/c1-24(10-18(25)22-12-4-6-14(20)15(21)8-12)19(26)17-7-11-3-5-13(27-2)9-16(11)23-17/h3-9,23H,10H2,1-2H3,(H,22,25). The molecule has 2 N–H and O–H groups in total. The topological polar surface area (TPSA) is 74.4 Å². The number of fused-ring (bicyclic) bond motifs is 1. The number of carbonyl (C=O) groups is 2. The monoisotopic (exact) mass is 405 g/mol. The van der Waals surface area contributed by atoms with Crippen molar-refractivity contribution in [2.45, 2.75) is 0 Å². The largest absolute Gasteiger partial charge is 0.497 e. The molecular weight excluding hydrogens is 389 g/mol. The fourth-order valence-electron chi connectivity index (χ4n) is 2.62. The Bertz CT molecular complexity index is 1020. The molecule has 0 fully saturated rings. The van der Waals surface area contributed by atoms with Gasteiger partial charge in [0.1, 0.15) is 11.4 Å². The number of likely N-dealkylation sites (N-methyl/N-ethyl adjacent to an activating group) is 1. The minimum atomic E-state index is -0.345. The quantitative estimate of drug-likeness (QED) is 0.667. The Hall–Kier alpha value is -2.70. The molecule has 0 saturated heterocycles. The highest BCUT2D eigenvalue weighted by Crippen LogP contribution is 2.25.